The van der Waals surface area contributed by atoms with Gasteiger partial charge in [0.05, 0.1) is 7.11 Å². The van der Waals surface area contributed by atoms with E-state index in [1.165, 1.54) is 18.2 Å². The molecule has 0 spiro atoms. The lowest BCUT2D eigenvalue weighted by molar-refractivity contribution is -0.135. The first kappa shape index (κ1) is 14.5. The van der Waals surface area contributed by atoms with Crippen molar-refractivity contribution in [2.75, 3.05) is 7.11 Å². The maximum Gasteiger partial charge on any atom is 0.353 e. The lowest BCUT2D eigenvalue weighted by Gasteiger charge is -2.40. The number of halogens is 5. The zero-order valence-electron chi connectivity index (χ0n) is 9.08. The number of hydrogen-bond acceptors (Lipinski definition) is 2. The van der Waals surface area contributed by atoms with E-state index in [2.05, 4.69) is 4.74 Å². The molecule has 1 aromatic rings. The molecule has 0 aliphatic rings. The minimum atomic E-state index is -10.1. The van der Waals surface area contributed by atoms with Gasteiger partial charge in [-0.15, -0.1) is 0 Å². The second kappa shape index (κ2) is 3.71. The van der Waals surface area contributed by atoms with Crippen molar-refractivity contribution in [1.82, 2.24) is 0 Å². The second-order valence-corrected chi connectivity index (χ2v) is 5.76. The molecule has 0 saturated heterocycles. The monoisotopic (exact) mass is 288 g/mol. The van der Waals surface area contributed by atoms with E-state index in [0.29, 0.717) is 7.11 Å². The zero-order valence-corrected chi connectivity index (χ0v) is 9.90. The van der Waals surface area contributed by atoms with Crippen LogP contribution in [-0.2, 0) is 9.53 Å². The Kier molecular flexibility index (Phi) is 2.99. The van der Waals surface area contributed by atoms with Crippen LogP contribution < -0.4 is 0 Å². The molecule has 102 valence electrons. The average Bonchev–Trinajstić information content (AvgIpc) is 2.23. The molecule has 0 aliphatic carbocycles. The van der Waals surface area contributed by atoms with Crippen LogP contribution >= 0.6 is 10.2 Å². The molecule has 0 N–H and O–H groups in total. The summed E-state index contributed by atoms with van der Waals surface area (Å²) in [5, 5.41) is 0. The Morgan fingerprint density at radius 2 is 1.61 bits per heavy atom. The Balaban J connectivity index is 3.44. The normalized spacial score (nSPS) is 16.7. The van der Waals surface area contributed by atoms with Gasteiger partial charge in [0.15, 0.2) is 4.91 Å². The van der Waals surface area contributed by atoms with Crippen LogP contribution in [0.2, 0.25) is 0 Å². The van der Waals surface area contributed by atoms with E-state index < -0.39 is 21.1 Å². The molecular weight excluding hydrogens is 279 g/mol. The molecule has 0 unspecified atom stereocenters. The van der Waals surface area contributed by atoms with Gasteiger partial charge in [-0.05, 0) is 11.6 Å². The number of ether oxygens (including phenoxy) is 1. The average molecular weight is 288 g/mol. The smallest absolute Gasteiger partial charge is 0.353 e. The third-order valence-electron chi connectivity index (χ3n) is 1.90. The summed E-state index contributed by atoms with van der Waals surface area (Å²) in [5.41, 5.74) is -0.175. The highest BCUT2D eigenvalue weighted by molar-refractivity contribution is 8.49. The summed E-state index contributed by atoms with van der Waals surface area (Å²) in [6.45, 7) is 0. The van der Waals surface area contributed by atoms with Gasteiger partial charge in [0, 0.05) is 0 Å². The van der Waals surface area contributed by atoms with Crippen molar-refractivity contribution >= 4 is 22.3 Å². The van der Waals surface area contributed by atoms with E-state index in [1.54, 1.807) is 0 Å². The molecule has 1 rings (SSSR count). The number of esters is 1. The topological polar surface area (TPSA) is 26.3 Å². The molecule has 0 atom stereocenters. The Morgan fingerprint density at radius 1 is 1.11 bits per heavy atom. The maximum atomic E-state index is 12.6. The Labute approximate surface area is 99.8 Å². The van der Waals surface area contributed by atoms with Crippen molar-refractivity contribution in [1.29, 1.82) is 0 Å². The van der Waals surface area contributed by atoms with Crippen molar-refractivity contribution < 1.29 is 29.0 Å². The van der Waals surface area contributed by atoms with Crippen molar-refractivity contribution in [2.24, 2.45) is 0 Å². The predicted octanol–water partition coefficient (Wildman–Crippen LogP) is 4.50. The Morgan fingerprint density at radius 3 is 2.00 bits per heavy atom. The highest BCUT2D eigenvalue weighted by Crippen LogP contribution is 3.02. The van der Waals surface area contributed by atoms with Gasteiger partial charge in [-0.1, -0.05) is 49.8 Å². The summed E-state index contributed by atoms with van der Waals surface area (Å²) >= 11 is 0. The summed E-state index contributed by atoms with van der Waals surface area (Å²) in [6.07, 6.45) is 0.0768. The van der Waals surface area contributed by atoms with E-state index in [1.807, 2.05) is 0 Å². The number of methoxy groups -OCH3 is 1. The van der Waals surface area contributed by atoms with Crippen LogP contribution in [0.1, 0.15) is 5.56 Å². The highest BCUT2D eigenvalue weighted by atomic mass is 32.5. The molecule has 0 amide bonds. The van der Waals surface area contributed by atoms with Gasteiger partial charge in [-0.3, -0.25) is 0 Å². The third-order valence-corrected chi connectivity index (χ3v) is 3.02. The molecule has 1 aromatic carbocycles. The third kappa shape index (κ3) is 3.73. The summed E-state index contributed by atoms with van der Waals surface area (Å²) in [7, 11) is -9.48. The lowest BCUT2D eigenvalue weighted by atomic mass is 10.2. The molecule has 0 heterocycles. The summed E-state index contributed by atoms with van der Waals surface area (Å²) in [6, 6.07) is 6.52. The van der Waals surface area contributed by atoms with E-state index in [0.717, 1.165) is 12.1 Å². The van der Waals surface area contributed by atoms with Crippen molar-refractivity contribution in [3.63, 3.8) is 0 Å². The van der Waals surface area contributed by atoms with E-state index in [9.17, 15) is 24.2 Å². The van der Waals surface area contributed by atoms with Crippen LogP contribution in [0.5, 0.6) is 0 Å². The minimum Gasteiger partial charge on any atom is -0.465 e. The molecule has 0 saturated carbocycles. The second-order valence-electron chi connectivity index (χ2n) is 3.38. The Bertz CT molecular complexity index is 492. The fourth-order valence-corrected chi connectivity index (χ4v) is 1.89. The summed E-state index contributed by atoms with van der Waals surface area (Å²) in [5.74, 6) is -2.11. The quantitative estimate of drug-likeness (QED) is 0.465. The number of benzene rings is 1. The number of hydrogen-bond donors (Lipinski definition) is 0. The zero-order chi connectivity index (χ0) is 14.1. The van der Waals surface area contributed by atoms with Gasteiger partial charge in [-0.25, -0.2) is 4.79 Å². The number of rotatable bonds is 3. The van der Waals surface area contributed by atoms with Crippen LogP contribution in [0, 0.1) is 0 Å². The molecule has 0 bridgehead atoms. The van der Waals surface area contributed by atoms with E-state index in [-0.39, 0.29) is 11.6 Å². The number of carbonyl (C=O) groups is 1. The van der Waals surface area contributed by atoms with E-state index in [4.69, 9.17) is 0 Å². The molecule has 0 fully saturated rings. The van der Waals surface area contributed by atoms with Crippen molar-refractivity contribution in [3.05, 3.63) is 40.8 Å². The first-order valence-electron chi connectivity index (χ1n) is 4.53. The fourth-order valence-electron chi connectivity index (χ4n) is 1.13. The highest BCUT2D eigenvalue weighted by Gasteiger charge is 2.70. The molecule has 2 nitrogen and oxygen atoms in total. The van der Waals surface area contributed by atoms with Gasteiger partial charge < -0.3 is 4.74 Å². The van der Waals surface area contributed by atoms with Gasteiger partial charge in [-0.2, -0.15) is 0 Å². The minimum absolute atomic E-state index is 0.0768. The molecule has 0 aromatic heterocycles. The fraction of sp³-hybridized carbons (Fsp3) is 0.100. The van der Waals surface area contributed by atoms with Gasteiger partial charge in [0.1, 0.15) is 0 Å². The standard InChI is InChI=1S/C10H9F5O2S/c1-17-10(16)9(18(11,12,13,14)15)7-8-5-3-2-4-6-8/h2-7H,1H3/b9-7-. The molecule has 0 radical (unpaired) electrons. The molecule has 8 heteroatoms. The first-order valence-corrected chi connectivity index (χ1v) is 6.48. The van der Waals surface area contributed by atoms with Crippen molar-refractivity contribution in [2.45, 2.75) is 0 Å². The SMILES string of the molecule is COC(=O)/C(=C/c1ccccc1)S(F)(F)(F)(F)F. The predicted molar refractivity (Wildman–Crippen MR) is 59.6 cm³/mol. The van der Waals surface area contributed by atoms with Crippen LogP contribution in [0.4, 0.5) is 19.4 Å². The molecule has 0 aliphatic heterocycles. The van der Waals surface area contributed by atoms with Crippen LogP contribution in [-0.4, -0.2) is 13.1 Å². The van der Waals surface area contributed by atoms with Crippen LogP contribution in [0.25, 0.3) is 6.08 Å². The molecular formula is C10H9F5O2S. The lowest BCUT2D eigenvalue weighted by Crippen LogP contribution is -2.18. The van der Waals surface area contributed by atoms with Crippen LogP contribution in [0.3, 0.4) is 0 Å². The van der Waals surface area contributed by atoms with Crippen molar-refractivity contribution in [3.8, 4) is 0 Å². The van der Waals surface area contributed by atoms with E-state index >= 15 is 0 Å². The van der Waals surface area contributed by atoms with Gasteiger partial charge >= 0.3 is 16.2 Å². The maximum absolute atomic E-state index is 12.6. The van der Waals surface area contributed by atoms with Crippen LogP contribution in [0.15, 0.2) is 35.2 Å². The number of carbonyl (C=O) groups excluding carboxylic acids is 1. The van der Waals surface area contributed by atoms with Gasteiger partial charge in [0.25, 0.3) is 0 Å². The Hall–Kier alpha value is -1.57. The largest absolute Gasteiger partial charge is 0.465 e. The first-order chi connectivity index (χ1) is 7.94. The molecule has 18 heavy (non-hydrogen) atoms. The van der Waals surface area contributed by atoms with Gasteiger partial charge in [0.2, 0.25) is 0 Å². The summed E-state index contributed by atoms with van der Waals surface area (Å²) in [4.78, 5) is 8.35. The summed E-state index contributed by atoms with van der Waals surface area (Å²) < 4.78 is 66.9.